The van der Waals surface area contributed by atoms with Crippen molar-refractivity contribution < 1.29 is 4.39 Å². The van der Waals surface area contributed by atoms with Crippen molar-refractivity contribution in [3.63, 3.8) is 0 Å². The summed E-state index contributed by atoms with van der Waals surface area (Å²) in [6.07, 6.45) is 0.769. The van der Waals surface area contributed by atoms with Crippen LogP contribution in [-0.4, -0.2) is 22.1 Å². The van der Waals surface area contributed by atoms with Crippen molar-refractivity contribution in [3.8, 4) is 0 Å². The molecule has 0 fully saturated rings. The van der Waals surface area contributed by atoms with Crippen molar-refractivity contribution in [1.82, 2.24) is 15.3 Å². The van der Waals surface area contributed by atoms with Crippen molar-refractivity contribution in [2.24, 2.45) is 0 Å². The van der Waals surface area contributed by atoms with E-state index in [0.29, 0.717) is 5.52 Å². The van der Waals surface area contributed by atoms with Gasteiger partial charge in [0, 0.05) is 18.5 Å². The van der Waals surface area contributed by atoms with Gasteiger partial charge in [-0.2, -0.15) is 0 Å². The topological polar surface area (TPSA) is 40.7 Å². The van der Waals surface area contributed by atoms with Crippen LogP contribution in [0.2, 0.25) is 0 Å². The molecule has 4 heteroatoms. The van der Waals surface area contributed by atoms with E-state index in [1.54, 1.807) is 6.07 Å². The summed E-state index contributed by atoms with van der Waals surface area (Å²) in [4.78, 5) is 7.39. The zero-order valence-electron chi connectivity index (χ0n) is 10.5. The molecule has 2 rings (SSSR count). The predicted molar refractivity (Wildman–Crippen MR) is 67.5 cm³/mol. The maximum absolute atomic E-state index is 13.4. The molecule has 2 aromatic rings. The summed E-state index contributed by atoms with van der Waals surface area (Å²) in [7, 11) is 0. The Morgan fingerprint density at radius 2 is 2.12 bits per heavy atom. The smallest absolute Gasteiger partial charge is 0.151 e. The summed E-state index contributed by atoms with van der Waals surface area (Å²) in [5.74, 6) is 0.552. The van der Waals surface area contributed by atoms with E-state index < -0.39 is 0 Å². The van der Waals surface area contributed by atoms with Crippen molar-refractivity contribution in [1.29, 1.82) is 0 Å². The normalized spacial score (nSPS) is 12.2. The molecule has 1 aromatic heterocycles. The zero-order valence-corrected chi connectivity index (χ0v) is 10.5. The number of imidazole rings is 1. The van der Waals surface area contributed by atoms with E-state index in [1.807, 2.05) is 6.07 Å². The summed E-state index contributed by atoms with van der Waals surface area (Å²) in [6.45, 7) is 7.17. The molecule has 0 unspecified atom stereocenters. The Bertz CT molecular complexity index is 511. The van der Waals surface area contributed by atoms with E-state index in [4.69, 9.17) is 0 Å². The average molecular weight is 235 g/mol. The third kappa shape index (κ3) is 3.03. The number of nitrogens with one attached hydrogen (secondary N) is 2. The lowest BCUT2D eigenvalue weighted by Gasteiger charge is -2.19. The fourth-order valence-corrected chi connectivity index (χ4v) is 1.72. The molecule has 1 heterocycles. The fraction of sp³-hybridized carbons (Fsp3) is 0.462. The summed E-state index contributed by atoms with van der Waals surface area (Å²) in [5.41, 5.74) is 1.28. The molecule has 0 aliphatic carbocycles. The van der Waals surface area contributed by atoms with Gasteiger partial charge >= 0.3 is 0 Å². The Labute approximate surface area is 100 Å². The number of benzene rings is 1. The Morgan fingerprint density at radius 3 is 2.76 bits per heavy atom. The molecule has 0 spiro atoms. The van der Waals surface area contributed by atoms with Crippen LogP contribution in [0.15, 0.2) is 18.2 Å². The molecule has 0 aliphatic heterocycles. The van der Waals surface area contributed by atoms with Crippen LogP contribution < -0.4 is 5.32 Å². The average Bonchev–Trinajstić information content (AvgIpc) is 2.60. The van der Waals surface area contributed by atoms with Crippen LogP contribution in [0, 0.1) is 5.82 Å². The molecule has 0 saturated heterocycles. The summed E-state index contributed by atoms with van der Waals surface area (Å²) < 4.78 is 13.4. The third-order valence-corrected chi connectivity index (χ3v) is 2.53. The molecule has 2 N–H and O–H groups in total. The molecule has 0 radical (unpaired) electrons. The first kappa shape index (κ1) is 12.0. The fourth-order valence-electron chi connectivity index (χ4n) is 1.72. The van der Waals surface area contributed by atoms with Gasteiger partial charge in [-0.15, -0.1) is 0 Å². The third-order valence-electron chi connectivity index (χ3n) is 2.53. The quantitative estimate of drug-likeness (QED) is 0.858. The van der Waals surface area contributed by atoms with Gasteiger partial charge < -0.3 is 10.3 Å². The second-order valence-corrected chi connectivity index (χ2v) is 5.25. The summed E-state index contributed by atoms with van der Waals surface area (Å²) >= 11 is 0. The van der Waals surface area contributed by atoms with E-state index in [-0.39, 0.29) is 11.4 Å². The number of aromatic amines is 1. The Kier molecular flexibility index (Phi) is 3.15. The van der Waals surface area contributed by atoms with Crippen LogP contribution in [-0.2, 0) is 6.42 Å². The maximum atomic E-state index is 13.4. The predicted octanol–water partition coefficient (Wildman–Crippen LogP) is 2.63. The monoisotopic (exact) mass is 235 g/mol. The Balaban J connectivity index is 2.07. The number of hydrogen-bond acceptors (Lipinski definition) is 2. The number of para-hydroxylation sites is 1. The zero-order chi connectivity index (χ0) is 12.5. The second-order valence-electron chi connectivity index (χ2n) is 5.25. The highest BCUT2D eigenvalue weighted by Crippen LogP contribution is 2.14. The largest absolute Gasteiger partial charge is 0.342 e. The van der Waals surface area contributed by atoms with E-state index in [2.05, 4.69) is 36.1 Å². The van der Waals surface area contributed by atoms with Gasteiger partial charge in [0.2, 0.25) is 0 Å². The molecule has 0 aliphatic rings. The number of nitrogens with zero attached hydrogens (tertiary/aromatic N) is 1. The SMILES string of the molecule is CC(C)(C)NCCc1nc2c(F)cccc2[nH]1. The molecule has 0 amide bonds. The van der Waals surface area contributed by atoms with Crippen LogP contribution >= 0.6 is 0 Å². The molecule has 92 valence electrons. The van der Waals surface area contributed by atoms with Gasteiger partial charge in [-0.3, -0.25) is 0 Å². The number of hydrogen-bond donors (Lipinski definition) is 2. The van der Waals surface area contributed by atoms with Crippen molar-refractivity contribution in [2.75, 3.05) is 6.54 Å². The Hall–Kier alpha value is -1.42. The lowest BCUT2D eigenvalue weighted by Crippen LogP contribution is -2.37. The van der Waals surface area contributed by atoms with Crippen LogP contribution in [0.4, 0.5) is 4.39 Å². The highest BCUT2D eigenvalue weighted by molar-refractivity contribution is 5.75. The van der Waals surface area contributed by atoms with Gasteiger partial charge in [0.15, 0.2) is 5.82 Å². The molecule has 0 atom stereocenters. The first-order valence-electron chi connectivity index (χ1n) is 5.84. The molecule has 17 heavy (non-hydrogen) atoms. The van der Waals surface area contributed by atoms with E-state index in [9.17, 15) is 4.39 Å². The number of H-pyrrole nitrogens is 1. The molecule has 1 aromatic carbocycles. The maximum Gasteiger partial charge on any atom is 0.151 e. The van der Waals surface area contributed by atoms with Crippen LogP contribution in [0.25, 0.3) is 11.0 Å². The summed E-state index contributed by atoms with van der Waals surface area (Å²) in [5, 5.41) is 3.38. The second kappa shape index (κ2) is 4.45. The first-order chi connectivity index (χ1) is 7.96. The van der Waals surface area contributed by atoms with E-state index in [1.165, 1.54) is 6.07 Å². The van der Waals surface area contributed by atoms with Crippen molar-refractivity contribution in [2.45, 2.75) is 32.7 Å². The highest BCUT2D eigenvalue weighted by atomic mass is 19.1. The van der Waals surface area contributed by atoms with Crippen molar-refractivity contribution >= 4 is 11.0 Å². The summed E-state index contributed by atoms with van der Waals surface area (Å²) in [6, 6.07) is 4.96. The lowest BCUT2D eigenvalue weighted by molar-refractivity contribution is 0.428. The van der Waals surface area contributed by atoms with Gasteiger partial charge in [0.1, 0.15) is 11.3 Å². The Morgan fingerprint density at radius 1 is 1.35 bits per heavy atom. The van der Waals surface area contributed by atoms with Gasteiger partial charge in [0.25, 0.3) is 0 Å². The molecule has 3 nitrogen and oxygen atoms in total. The molecular weight excluding hydrogens is 217 g/mol. The van der Waals surface area contributed by atoms with Crippen LogP contribution in [0.3, 0.4) is 0 Å². The van der Waals surface area contributed by atoms with Crippen LogP contribution in [0.5, 0.6) is 0 Å². The highest BCUT2D eigenvalue weighted by Gasteiger charge is 2.10. The standard InChI is InChI=1S/C13H18FN3/c1-13(2,3)15-8-7-11-16-10-6-4-5-9(14)12(10)17-11/h4-6,15H,7-8H2,1-3H3,(H,16,17). The van der Waals surface area contributed by atoms with Crippen LogP contribution in [0.1, 0.15) is 26.6 Å². The minimum Gasteiger partial charge on any atom is -0.342 e. The van der Waals surface area contributed by atoms with Gasteiger partial charge in [-0.25, -0.2) is 9.37 Å². The van der Waals surface area contributed by atoms with Gasteiger partial charge in [-0.05, 0) is 32.9 Å². The minimum absolute atomic E-state index is 0.0945. The minimum atomic E-state index is -0.270. The van der Waals surface area contributed by atoms with E-state index >= 15 is 0 Å². The first-order valence-corrected chi connectivity index (χ1v) is 5.84. The van der Waals surface area contributed by atoms with Gasteiger partial charge in [0.05, 0.1) is 5.52 Å². The molecule has 0 bridgehead atoms. The number of halogens is 1. The van der Waals surface area contributed by atoms with Gasteiger partial charge in [-0.1, -0.05) is 6.07 Å². The number of rotatable bonds is 3. The molecular formula is C13H18FN3. The number of aromatic nitrogens is 2. The van der Waals surface area contributed by atoms with Crippen molar-refractivity contribution in [3.05, 3.63) is 29.8 Å². The van der Waals surface area contributed by atoms with E-state index in [0.717, 1.165) is 24.3 Å². The lowest BCUT2D eigenvalue weighted by atomic mass is 10.1. The number of fused-ring (bicyclic) bond motifs is 1. The molecule has 0 saturated carbocycles.